The maximum atomic E-state index is 14.2. The molecule has 1 saturated heterocycles. The number of sulfonamides is 1. The fourth-order valence-electron chi connectivity index (χ4n) is 4.17. The first kappa shape index (κ1) is 26.7. The number of halogens is 5. The summed E-state index contributed by atoms with van der Waals surface area (Å²) in [5.41, 5.74) is 1.38. The van der Waals surface area contributed by atoms with Crippen LogP contribution in [0, 0.1) is 12.7 Å². The molecule has 37 heavy (non-hydrogen) atoms. The van der Waals surface area contributed by atoms with Crippen LogP contribution in [0.3, 0.4) is 0 Å². The standard InChI is InChI=1S/C25H22F5N3O3S/c1-15-8-16(10-18(9-15)17-2-7-23(31-13-17)25(28,29)30)12-32-24(34)22-11-20(27)14-33(22)37(35,36)21-5-3-19(26)4-6-21/h2-10,13,20,22H,11-12,14H2,1H3,(H,32,34)/t20-,22+/m1/s1. The Bertz CT molecular complexity index is 1390. The minimum absolute atomic E-state index is 0.0283. The van der Waals surface area contributed by atoms with Crippen molar-refractivity contribution in [3.05, 3.63) is 83.4 Å². The molecular weight excluding hydrogens is 517 g/mol. The molecular formula is C25H22F5N3O3S. The maximum absolute atomic E-state index is 14.2. The Morgan fingerprint density at radius 1 is 1.08 bits per heavy atom. The van der Waals surface area contributed by atoms with Gasteiger partial charge in [0.25, 0.3) is 0 Å². The van der Waals surface area contributed by atoms with Crippen molar-refractivity contribution in [3.8, 4) is 11.1 Å². The van der Waals surface area contributed by atoms with Gasteiger partial charge in [-0.3, -0.25) is 9.78 Å². The average Bonchev–Trinajstić information content (AvgIpc) is 3.25. The van der Waals surface area contributed by atoms with Crippen molar-refractivity contribution in [2.45, 2.75) is 43.2 Å². The van der Waals surface area contributed by atoms with E-state index >= 15 is 0 Å². The smallest absolute Gasteiger partial charge is 0.351 e. The zero-order valence-corrected chi connectivity index (χ0v) is 20.3. The second-order valence-electron chi connectivity index (χ2n) is 8.73. The van der Waals surface area contributed by atoms with E-state index in [1.807, 2.05) is 0 Å². The van der Waals surface area contributed by atoms with Crippen LogP contribution in [-0.4, -0.2) is 42.4 Å². The number of hydrogen-bond donors (Lipinski definition) is 1. The molecule has 0 bridgehead atoms. The molecule has 2 atom stereocenters. The highest BCUT2D eigenvalue weighted by Crippen LogP contribution is 2.30. The molecule has 1 N–H and O–H groups in total. The third-order valence-corrected chi connectivity index (χ3v) is 7.81. The fraction of sp³-hybridized carbons (Fsp3) is 0.280. The van der Waals surface area contributed by atoms with Gasteiger partial charge in [-0.15, -0.1) is 0 Å². The molecule has 1 fully saturated rings. The van der Waals surface area contributed by atoms with E-state index in [1.54, 1.807) is 25.1 Å². The number of rotatable bonds is 6. The Kier molecular flexibility index (Phi) is 7.33. The molecule has 0 saturated carbocycles. The molecule has 196 valence electrons. The van der Waals surface area contributed by atoms with Crippen LogP contribution in [0.15, 0.2) is 65.7 Å². The topological polar surface area (TPSA) is 79.4 Å². The molecule has 6 nitrogen and oxygen atoms in total. The number of pyridine rings is 1. The van der Waals surface area contributed by atoms with E-state index in [0.29, 0.717) is 16.7 Å². The fourth-order valence-corrected chi connectivity index (χ4v) is 5.80. The van der Waals surface area contributed by atoms with Crippen molar-refractivity contribution >= 4 is 15.9 Å². The quantitative estimate of drug-likeness (QED) is 0.464. The van der Waals surface area contributed by atoms with Gasteiger partial charge in [-0.25, -0.2) is 17.2 Å². The van der Waals surface area contributed by atoms with E-state index in [0.717, 1.165) is 46.4 Å². The lowest BCUT2D eigenvalue weighted by Gasteiger charge is -2.23. The lowest BCUT2D eigenvalue weighted by molar-refractivity contribution is -0.141. The lowest BCUT2D eigenvalue weighted by Crippen LogP contribution is -2.45. The Balaban J connectivity index is 1.50. The van der Waals surface area contributed by atoms with Crippen LogP contribution >= 0.6 is 0 Å². The largest absolute Gasteiger partial charge is 0.433 e. The number of benzene rings is 2. The summed E-state index contributed by atoms with van der Waals surface area (Å²) < 4.78 is 92.6. The highest BCUT2D eigenvalue weighted by molar-refractivity contribution is 7.89. The Morgan fingerprint density at radius 3 is 2.41 bits per heavy atom. The van der Waals surface area contributed by atoms with Gasteiger partial charge in [-0.05, 0) is 54.4 Å². The summed E-state index contributed by atoms with van der Waals surface area (Å²) in [6.07, 6.45) is -5.33. The molecule has 3 aromatic rings. The molecule has 0 unspecified atom stereocenters. The van der Waals surface area contributed by atoms with Gasteiger partial charge >= 0.3 is 6.18 Å². The van der Waals surface area contributed by atoms with E-state index in [2.05, 4.69) is 10.3 Å². The summed E-state index contributed by atoms with van der Waals surface area (Å²) in [5.74, 6) is -1.34. The third-order valence-electron chi connectivity index (χ3n) is 5.92. The number of hydrogen-bond acceptors (Lipinski definition) is 4. The summed E-state index contributed by atoms with van der Waals surface area (Å²) in [5, 5.41) is 2.62. The van der Waals surface area contributed by atoms with Crippen LogP contribution in [0.1, 0.15) is 23.2 Å². The van der Waals surface area contributed by atoms with Crippen molar-refractivity contribution in [3.63, 3.8) is 0 Å². The molecule has 2 heterocycles. The maximum Gasteiger partial charge on any atom is 0.433 e. The summed E-state index contributed by atoms with van der Waals surface area (Å²) in [6, 6.07) is 10.1. The molecule has 0 aliphatic carbocycles. The van der Waals surface area contributed by atoms with Gasteiger partial charge in [0.1, 0.15) is 23.7 Å². The average molecular weight is 540 g/mol. The van der Waals surface area contributed by atoms with Crippen molar-refractivity contribution in [1.29, 1.82) is 0 Å². The summed E-state index contributed by atoms with van der Waals surface area (Å²) in [4.78, 5) is 16.1. The van der Waals surface area contributed by atoms with Crippen LogP contribution in [-0.2, 0) is 27.5 Å². The minimum atomic E-state index is -4.56. The first-order chi connectivity index (χ1) is 17.3. The van der Waals surface area contributed by atoms with E-state index in [4.69, 9.17) is 0 Å². The van der Waals surface area contributed by atoms with Gasteiger partial charge in [0.05, 0.1) is 4.90 Å². The normalized spacial score (nSPS) is 18.6. The molecule has 2 aromatic carbocycles. The Morgan fingerprint density at radius 2 is 1.78 bits per heavy atom. The molecule has 12 heteroatoms. The summed E-state index contributed by atoms with van der Waals surface area (Å²) in [6.45, 7) is 1.24. The van der Waals surface area contributed by atoms with Gasteiger partial charge in [-0.1, -0.05) is 23.8 Å². The van der Waals surface area contributed by atoms with Crippen molar-refractivity contribution in [2.75, 3.05) is 6.54 Å². The van der Waals surface area contributed by atoms with Crippen LogP contribution in [0.4, 0.5) is 22.0 Å². The lowest BCUT2D eigenvalue weighted by atomic mass is 10.0. The zero-order valence-electron chi connectivity index (χ0n) is 19.5. The monoisotopic (exact) mass is 539 g/mol. The summed E-state index contributed by atoms with van der Waals surface area (Å²) in [7, 11) is -4.25. The number of aromatic nitrogens is 1. The Labute approximate surface area is 210 Å². The zero-order chi connectivity index (χ0) is 27.0. The van der Waals surface area contributed by atoms with Crippen LogP contribution in [0.5, 0.6) is 0 Å². The van der Waals surface area contributed by atoms with E-state index in [9.17, 15) is 35.2 Å². The molecule has 1 amide bonds. The van der Waals surface area contributed by atoms with Gasteiger partial charge in [0, 0.05) is 31.3 Å². The third kappa shape index (κ3) is 5.96. The number of carbonyl (C=O) groups excluding carboxylic acids is 1. The predicted molar refractivity (Wildman–Crippen MR) is 125 cm³/mol. The molecule has 1 aromatic heterocycles. The first-order valence-corrected chi connectivity index (χ1v) is 12.6. The van der Waals surface area contributed by atoms with Gasteiger partial charge in [0.15, 0.2) is 0 Å². The number of nitrogens with zero attached hydrogens (tertiary/aromatic N) is 2. The minimum Gasteiger partial charge on any atom is -0.351 e. The van der Waals surface area contributed by atoms with E-state index < -0.39 is 52.4 Å². The van der Waals surface area contributed by atoms with E-state index in [-0.39, 0.29) is 17.9 Å². The first-order valence-electron chi connectivity index (χ1n) is 11.2. The number of alkyl halides is 4. The van der Waals surface area contributed by atoms with Gasteiger partial charge < -0.3 is 5.32 Å². The van der Waals surface area contributed by atoms with Gasteiger partial charge in [-0.2, -0.15) is 17.5 Å². The second kappa shape index (κ2) is 10.2. The van der Waals surface area contributed by atoms with Crippen LogP contribution < -0.4 is 5.32 Å². The Hall–Kier alpha value is -3.38. The molecule has 0 radical (unpaired) electrons. The number of aryl methyl sites for hydroxylation is 1. The number of amides is 1. The molecule has 4 rings (SSSR count). The summed E-state index contributed by atoms with van der Waals surface area (Å²) >= 11 is 0. The predicted octanol–water partition coefficient (Wildman–Crippen LogP) is 4.63. The number of carbonyl (C=O) groups is 1. The van der Waals surface area contributed by atoms with Gasteiger partial charge in [0.2, 0.25) is 15.9 Å². The highest BCUT2D eigenvalue weighted by Gasteiger charge is 2.44. The molecule has 1 aliphatic rings. The van der Waals surface area contributed by atoms with Crippen LogP contribution in [0.2, 0.25) is 0 Å². The van der Waals surface area contributed by atoms with E-state index in [1.165, 1.54) is 6.07 Å². The van der Waals surface area contributed by atoms with Crippen molar-refractivity contribution in [1.82, 2.24) is 14.6 Å². The molecule has 0 spiro atoms. The highest BCUT2D eigenvalue weighted by atomic mass is 32.2. The second-order valence-corrected chi connectivity index (χ2v) is 10.6. The van der Waals surface area contributed by atoms with Crippen LogP contribution in [0.25, 0.3) is 11.1 Å². The number of nitrogens with one attached hydrogen (secondary N) is 1. The van der Waals surface area contributed by atoms with Crippen molar-refractivity contribution in [2.24, 2.45) is 0 Å². The SMILES string of the molecule is Cc1cc(CNC(=O)[C@@H]2C[C@@H](F)CN2S(=O)(=O)c2ccc(F)cc2)cc(-c2ccc(C(F)(F)F)nc2)c1. The van der Waals surface area contributed by atoms with Crippen molar-refractivity contribution < 1.29 is 35.2 Å². The molecule has 1 aliphatic heterocycles.